The monoisotopic (exact) mass is 304 g/mol. The van der Waals surface area contributed by atoms with Gasteiger partial charge in [-0.2, -0.15) is 0 Å². The van der Waals surface area contributed by atoms with E-state index in [1.54, 1.807) is 0 Å². The highest BCUT2D eigenvalue weighted by atomic mass is 16.5. The molecule has 2 amide bonds. The van der Waals surface area contributed by atoms with Crippen LogP contribution in [0, 0.1) is 0 Å². The third-order valence-corrected chi connectivity index (χ3v) is 3.62. The molecule has 0 saturated carbocycles. The van der Waals surface area contributed by atoms with Crippen LogP contribution >= 0.6 is 0 Å². The lowest BCUT2D eigenvalue weighted by Gasteiger charge is -2.31. The molecule has 1 aliphatic rings. The number of hydrogen-bond donors (Lipinski definition) is 1. The van der Waals surface area contributed by atoms with Gasteiger partial charge in [0, 0.05) is 6.54 Å². The van der Waals surface area contributed by atoms with Gasteiger partial charge in [0.05, 0.1) is 13.5 Å². The first-order valence-corrected chi connectivity index (χ1v) is 7.29. The molecule has 1 aromatic rings. The second kappa shape index (κ2) is 7.59. The molecule has 1 atom stereocenters. The molecule has 118 valence electrons. The first-order chi connectivity index (χ1) is 10.6. The van der Waals surface area contributed by atoms with Gasteiger partial charge in [-0.1, -0.05) is 30.3 Å². The minimum absolute atomic E-state index is 0.0691. The van der Waals surface area contributed by atoms with Gasteiger partial charge in [-0.15, -0.1) is 0 Å². The Bertz CT molecular complexity index is 544. The molecular weight excluding hydrogens is 284 g/mol. The number of nitrogens with one attached hydrogen (secondary N) is 1. The summed E-state index contributed by atoms with van der Waals surface area (Å²) in [7, 11) is 1.29. The lowest BCUT2D eigenvalue weighted by molar-refractivity contribution is -0.149. The number of carbonyl (C=O) groups is 3. The smallest absolute Gasteiger partial charge is 0.325 e. The number of carbonyl (C=O) groups excluding carboxylic acids is 3. The van der Waals surface area contributed by atoms with E-state index in [2.05, 4.69) is 10.1 Å². The predicted octanol–water partition coefficient (Wildman–Crippen LogP) is 0.509. The second-order valence-electron chi connectivity index (χ2n) is 5.26. The van der Waals surface area contributed by atoms with Gasteiger partial charge in [0.2, 0.25) is 11.8 Å². The van der Waals surface area contributed by atoms with Crippen molar-refractivity contribution in [2.24, 2.45) is 0 Å². The summed E-state index contributed by atoms with van der Waals surface area (Å²) in [6.45, 7) is 0.444. The van der Waals surface area contributed by atoms with Crippen molar-refractivity contribution in [2.75, 3.05) is 20.2 Å². The van der Waals surface area contributed by atoms with Crippen LogP contribution in [0.25, 0.3) is 0 Å². The average Bonchev–Trinajstić information content (AvgIpc) is 2.52. The van der Waals surface area contributed by atoms with Gasteiger partial charge in [-0.25, -0.2) is 0 Å². The highest BCUT2D eigenvalue weighted by Gasteiger charge is 2.31. The largest absolute Gasteiger partial charge is 0.468 e. The Morgan fingerprint density at radius 3 is 2.73 bits per heavy atom. The molecule has 1 fully saturated rings. The number of likely N-dealkylation sites (tertiary alicyclic amines) is 1. The van der Waals surface area contributed by atoms with Crippen molar-refractivity contribution >= 4 is 17.8 Å². The number of hydrogen-bond acceptors (Lipinski definition) is 4. The Hall–Kier alpha value is -2.37. The zero-order valence-electron chi connectivity index (χ0n) is 12.6. The number of methoxy groups -OCH3 is 1. The summed E-state index contributed by atoms with van der Waals surface area (Å²) < 4.78 is 4.58. The molecule has 6 heteroatoms. The maximum absolute atomic E-state index is 12.3. The van der Waals surface area contributed by atoms with E-state index in [1.165, 1.54) is 12.0 Å². The van der Waals surface area contributed by atoms with Crippen molar-refractivity contribution in [1.82, 2.24) is 10.2 Å². The minimum Gasteiger partial charge on any atom is -0.468 e. The summed E-state index contributed by atoms with van der Waals surface area (Å²) in [5.74, 6) is -0.868. The molecule has 1 aliphatic heterocycles. The summed E-state index contributed by atoms with van der Waals surface area (Å²) in [5, 5.41) is 2.76. The topological polar surface area (TPSA) is 75.7 Å². The second-order valence-corrected chi connectivity index (χ2v) is 5.26. The third-order valence-electron chi connectivity index (χ3n) is 3.62. The molecule has 0 unspecified atom stereocenters. The van der Waals surface area contributed by atoms with Crippen LogP contribution in [0.5, 0.6) is 0 Å². The molecule has 0 bridgehead atoms. The number of piperidine rings is 1. The molecule has 0 aliphatic carbocycles. The first kappa shape index (κ1) is 16.0. The zero-order valence-corrected chi connectivity index (χ0v) is 12.6. The van der Waals surface area contributed by atoms with Gasteiger partial charge in [-0.3, -0.25) is 14.4 Å². The standard InChI is InChI=1S/C16H20N2O4/c1-22-15(20)11-18-9-5-8-13(16(18)21)17-14(19)10-12-6-3-2-4-7-12/h2-4,6-7,13H,5,8-11H2,1H3,(H,17,19)/t13-/m0/s1. The van der Waals surface area contributed by atoms with Crippen LogP contribution in [0.2, 0.25) is 0 Å². The Morgan fingerprint density at radius 1 is 1.32 bits per heavy atom. The van der Waals surface area contributed by atoms with E-state index in [9.17, 15) is 14.4 Å². The van der Waals surface area contributed by atoms with Crippen molar-refractivity contribution in [1.29, 1.82) is 0 Å². The van der Waals surface area contributed by atoms with E-state index >= 15 is 0 Å². The first-order valence-electron chi connectivity index (χ1n) is 7.29. The number of rotatable bonds is 5. The molecule has 1 saturated heterocycles. The Labute approximate surface area is 129 Å². The number of benzene rings is 1. The van der Waals surface area contributed by atoms with Crippen LogP contribution in [0.4, 0.5) is 0 Å². The van der Waals surface area contributed by atoms with Crippen LogP contribution in [0.1, 0.15) is 18.4 Å². The van der Waals surface area contributed by atoms with E-state index in [1.807, 2.05) is 30.3 Å². The fraction of sp³-hybridized carbons (Fsp3) is 0.438. The third kappa shape index (κ3) is 4.31. The van der Waals surface area contributed by atoms with Gasteiger partial charge in [0.1, 0.15) is 12.6 Å². The highest BCUT2D eigenvalue weighted by molar-refractivity contribution is 5.90. The van der Waals surface area contributed by atoms with Gasteiger partial charge < -0.3 is 15.0 Å². The molecule has 2 rings (SSSR count). The van der Waals surface area contributed by atoms with Crippen LogP contribution in [-0.2, 0) is 25.5 Å². The molecule has 1 heterocycles. The van der Waals surface area contributed by atoms with E-state index in [4.69, 9.17) is 0 Å². The van der Waals surface area contributed by atoms with Crippen molar-refractivity contribution < 1.29 is 19.1 Å². The summed E-state index contributed by atoms with van der Waals surface area (Å²) >= 11 is 0. The number of esters is 1. The lowest BCUT2D eigenvalue weighted by atomic mass is 10.0. The molecular formula is C16H20N2O4. The van der Waals surface area contributed by atoms with Crippen LogP contribution in [-0.4, -0.2) is 48.9 Å². The number of amides is 2. The Balaban J connectivity index is 1.90. The Morgan fingerprint density at radius 2 is 2.05 bits per heavy atom. The van der Waals surface area contributed by atoms with Crippen molar-refractivity contribution in [3.63, 3.8) is 0 Å². The van der Waals surface area contributed by atoms with Crippen LogP contribution < -0.4 is 5.32 Å². The summed E-state index contributed by atoms with van der Waals surface area (Å²) in [6, 6.07) is 8.79. The zero-order chi connectivity index (χ0) is 15.9. The fourth-order valence-electron chi connectivity index (χ4n) is 2.48. The summed E-state index contributed by atoms with van der Waals surface area (Å²) in [5.41, 5.74) is 0.898. The average molecular weight is 304 g/mol. The summed E-state index contributed by atoms with van der Waals surface area (Å²) in [6.07, 6.45) is 1.58. The number of nitrogens with zero attached hydrogens (tertiary/aromatic N) is 1. The maximum atomic E-state index is 12.3. The number of ether oxygens (including phenoxy) is 1. The quantitative estimate of drug-likeness (QED) is 0.804. The minimum atomic E-state index is -0.561. The van der Waals surface area contributed by atoms with Crippen molar-refractivity contribution in [3.05, 3.63) is 35.9 Å². The molecule has 0 spiro atoms. The fourth-order valence-corrected chi connectivity index (χ4v) is 2.48. The predicted molar refractivity (Wildman–Crippen MR) is 79.9 cm³/mol. The van der Waals surface area contributed by atoms with Gasteiger partial charge in [-0.05, 0) is 18.4 Å². The van der Waals surface area contributed by atoms with Crippen LogP contribution in [0.15, 0.2) is 30.3 Å². The van der Waals surface area contributed by atoms with Crippen molar-refractivity contribution in [3.8, 4) is 0 Å². The van der Waals surface area contributed by atoms with Gasteiger partial charge in [0.15, 0.2) is 0 Å². The molecule has 6 nitrogen and oxygen atoms in total. The van der Waals surface area contributed by atoms with E-state index < -0.39 is 12.0 Å². The lowest BCUT2D eigenvalue weighted by Crippen LogP contribution is -2.53. The highest BCUT2D eigenvalue weighted by Crippen LogP contribution is 2.12. The molecule has 22 heavy (non-hydrogen) atoms. The van der Waals surface area contributed by atoms with E-state index in [-0.39, 0.29) is 24.8 Å². The Kier molecular flexibility index (Phi) is 5.52. The van der Waals surface area contributed by atoms with Crippen molar-refractivity contribution in [2.45, 2.75) is 25.3 Å². The summed E-state index contributed by atoms with van der Waals surface area (Å²) in [4.78, 5) is 37.0. The molecule has 1 aromatic carbocycles. The van der Waals surface area contributed by atoms with Gasteiger partial charge in [0.25, 0.3) is 0 Å². The van der Waals surface area contributed by atoms with Crippen LogP contribution in [0.3, 0.4) is 0 Å². The van der Waals surface area contributed by atoms with E-state index in [0.717, 1.165) is 12.0 Å². The van der Waals surface area contributed by atoms with Gasteiger partial charge >= 0.3 is 5.97 Å². The molecule has 1 N–H and O–H groups in total. The molecule has 0 radical (unpaired) electrons. The molecule has 0 aromatic heterocycles. The van der Waals surface area contributed by atoms with E-state index in [0.29, 0.717) is 13.0 Å². The SMILES string of the molecule is COC(=O)CN1CCC[C@H](NC(=O)Cc2ccccc2)C1=O. The normalized spacial score (nSPS) is 18.0. The maximum Gasteiger partial charge on any atom is 0.325 e.